The van der Waals surface area contributed by atoms with Crippen molar-refractivity contribution >= 4 is 105 Å². The van der Waals surface area contributed by atoms with Gasteiger partial charge in [0.25, 0.3) is 0 Å². The van der Waals surface area contributed by atoms with E-state index in [-0.39, 0.29) is 0 Å². The molecule has 0 unspecified atom stereocenters. The zero-order valence-electron chi connectivity index (χ0n) is 38.2. The quantitative estimate of drug-likeness (QED) is 0.127. The van der Waals surface area contributed by atoms with Crippen molar-refractivity contribution in [3.63, 3.8) is 0 Å². The van der Waals surface area contributed by atoms with Crippen LogP contribution in [0.25, 0.3) is 137 Å². The van der Waals surface area contributed by atoms with Gasteiger partial charge < -0.3 is 8.98 Å². The van der Waals surface area contributed by atoms with Gasteiger partial charge in [-0.05, 0) is 165 Å². The molecular formula is C66H43NOSi. The molecule has 0 amide bonds. The molecule has 12 aromatic carbocycles. The molecule has 2 nitrogen and oxygen atoms in total. The van der Waals surface area contributed by atoms with Gasteiger partial charge in [0.2, 0.25) is 0 Å². The standard InChI is InChI=1S/C66H43NOSi/c1-69(2)62-23-13-11-21-53(62)65-54-37-47-34-49(28-24-41(47)32-46(54)27-31-63(65)69)67-59-22-12-10-20-52(59)56-35-42(25-29-60(56)67)43-26-30-61-57(36-43)58-39-48(38-55(66(58)68-61)40-14-4-3-5-15-40)64-50-18-8-6-16-44(50)33-45-17-7-9-19-51(45)64/h3-39H,1-2H3. The predicted octanol–water partition coefficient (Wildman–Crippen LogP) is 17.1. The molecule has 15 rings (SSSR count). The number of aromatic nitrogens is 1. The van der Waals surface area contributed by atoms with Crippen molar-refractivity contribution in [1.29, 1.82) is 0 Å². The normalized spacial score (nSPS) is 13.2. The third kappa shape index (κ3) is 5.59. The van der Waals surface area contributed by atoms with E-state index in [4.69, 9.17) is 4.42 Å². The molecule has 0 bridgehead atoms. The van der Waals surface area contributed by atoms with Gasteiger partial charge in [0.05, 0.1) is 11.0 Å². The molecule has 3 heteroatoms. The molecule has 1 aliphatic rings. The minimum absolute atomic E-state index is 0.882. The van der Waals surface area contributed by atoms with E-state index in [0.717, 1.165) is 38.6 Å². The lowest BCUT2D eigenvalue weighted by Crippen LogP contribution is -2.49. The van der Waals surface area contributed by atoms with E-state index >= 15 is 0 Å². The summed E-state index contributed by atoms with van der Waals surface area (Å²) in [5.74, 6) is 0. The van der Waals surface area contributed by atoms with Crippen LogP contribution >= 0.6 is 0 Å². The summed E-state index contributed by atoms with van der Waals surface area (Å²) in [7, 11) is -1.79. The molecule has 0 spiro atoms. The first-order valence-electron chi connectivity index (χ1n) is 24.1. The maximum atomic E-state index is 6.87. The van der Waals surface area contributed by atoms with Gasteiger partial charge in [0, 0.05) is 32.8 Å². The molecule has 1 aliphatic heterocycles. The van der Waals surface area contributed by atoms with Crippen molar-refractivity contribution in [2.24, 2.45) is 0 Å². The van der Waals surface area contributed by atoms with Crippen LogP contribution in [0.15, 0.2) is 229 Å². The maximum absolute atomic E-state index is 6.87. The zero-order chi connectivity index (χ0) is 45.5. The number of nitrogens with zero attached hydrogens (tertiary/aromatic N) is 1. The lowest BCUT2D eigenvalue weighted by Gasteiger charge is -2.19. The average Bonchev–Trinajstić information content (AvgIpc) is 4.01. The summed E-state index contributed by atoms with van der Waals surface area (Å²) in [4.78, 5) is 0. The molecule has 322 valence electrons. The molecule has 0 fully saturated rings. The monoisotopic (exact) mass is 893 g/mol. The number of fused-ring (bicyclic) bond motifs is 14. The highest BCUT2D eigenvalue weighted by molar-refractivity contribution is 7.04. The highest BCUT2D eigenvalue weighted by Gasteiger charge is 2.38. The first-order valence-corrected chi connectivity index (χ1v) is 27.1. The Morgan fingerprint density at radius 1 is 0.333 bits per heavy atom. The Bertz CT molecular complexity index is 4460. The van der Waals surface area contributed by atoms with E-state index < -0.39 is 8.07 Å². The maximum Gasteiger partial charge on any atom is 0.143 e. The Hall–Kier alpha value is -8.50. The second-order valence-electron chi connectivity index (χ2n) is 19.6. The van der Waals surface area contributed by atoms with E-state index in [2.05, 4.69) is 242 Å². The Morgan fingerprint density at radius 2 is 0.971 bits per heavy atom. The Labute approximate surface area is 399 Å². The molecule has 14 aromatic rings. The molecule has 2 aromatic heterocycles. The summed E-state index contributed by atoms with van der Waals surface area (Å²) < 4.78 is 9.33. The van der Waals surface area contributed by atoms with Crippen LogP contribution in [0.5, 0.6) is 0 Å². The van der Waals surface area contributed by atoms with Gasteiger partial charge in [-0.1, -0.05) is 165 Å². The van der Waals surface area contributed by atoms with Gasteiger partial charge in [-0.15, -0.1) is 0 Å². The first-order chi connectivity index (χ1) is 33.9. The zero-order valence-corrected chi connectivity index (χ0v) is 39.2. The SMILES string of the molecule is C[Si]1(C)c2ccccc2-c2c1ccc1cc3ccc(-n4c5ccccc5c5cc(-c6ccc7oc8c(-c9ccccc9)cc(-c9c%10ccccc%10cc%10ccccc9%10)cc8c7c6)ccc54)cc3cc21. The van der Waals surface area contributed by atoms with Crippen molar-refractivity contribution in [3.05, 3.63) is 224 Å². The van der Waals surface area contributed by atoms with Crippen LogP contribution in [-0.2, 0) is 0 Å². The number of benzene rings is 12. The molecule has 0 saturated heterocycles. The second kappa shape index (κ2) is 14.3. The highest BCUT2D eigenvalue weighted by Crippen LogP contribution is 2.45. The average molecular weight is 894 g/mol. The lowest BCUT2D eigenvalue weighted by molar-refractivity contribution is 0.670. The van der Waals surface area contributed by atoms with E-state index in [1.54, 1.807) is 10.4 Å². The van der Waals surface area contributed by atoms with Crippen LogP contribution in [0.4, 0.5) is 0 Å². The van der Waals surface area contributed by atoms with Crippen molar-refractivity contribution in [2.75, 3.05) is 0 Å². The van der Waals surface area contributed by atoms with E-state index in [0.29, 0.717) is 0 Å². The number of para-hydroxylation sites is 1. The van der Waals surface area contributed by atoms with Crippen molar-refractivity contribution in [2.45, 2.75) is 13.1 Å². The molecule has 0 N–H and O–H groups in total. The van der Waals surface area contributed by atoms with Gasteiger partial charge in [0.1, 0.15) is 19.2 Å². The fraction of sp³-hybridized carbons (Fsp3) is 0.0303. The number of hydrogen-bond donors (Lipinski definition) is 0. The Kier molecular flexibility index (Phi) is 7.97. The molecule has 0 aliphatic carbocycles. The minimum atomic E-state index is -1.79. The van der Waals surface area contributed by atoms with Crippen molar-refractivity contribution < 1.29 is 4.42 Å². The highest BCUT2D eigenvalue weighted by atomic mass is 28.3. The fourth-order valence-corrected chi connectivity index (χ4v) is 15.3. The topological polar surface area (TPSA) is 18.1 Å². The third-order valence-electron chi connectivity index (χ3n) is 15.5. The molecule has 0 radical (unpaired) electrons. The van der Waals surface area contributed by atoms with Gasteiger partial charge >= 0.3 is 0 Å². The van der Waals surface area contributed by atoms with E-state index in [1.165, 1.54) is 98.4 Å². The van der Waals surface area contributed by atoms with E-state index in [9.17, 15) is 0 Å². The molecule has 69 heavy (non-hydrogen) atoms. The molecule has 3 heterocycles. The summed E-state index contributed by atoms with van der Waals surface area (Å²) in [6.45, 7) is 5.00. The van der Waals surface area contributed by atoms with Crippen LogP contribution in [0.1, 0.15) is 0 Å². The van der Waals surface area contributed by atoms with Gasteiger partial charge in [-0.2, -0.15) is 0 Å². The number of furan rings is 1. The van der Waals surface area contributed by atoms with Crippen LogP contribution in [0.2, 0.25) is 13.1 Å². The third-order valence-corrected chi connectivity index (χ3v) is 19.0. The Balaban J connectivity index is 0.900. The summed E-state index contributed by atoms with van der Waals surface area (Å²) in [5, 5.41) is 17.9. The summed E-state index contributed by atoms with van der Waals surface area (Å²) in [6, 6.07) is 83.6. The van der Waals surface area contributed by atoms with Crippen LogP contribution in [-0.4, -0.2) is 12.6 Å². The first kappa shape index (κ1) is 38.6. The largest absolute Gasteiger partial charge is 0.455 e. The lowest BCUT2D eigenvalue weighted by atomic mass is 9.89. The van der Waals surface area contributed by atoms with Crippen LogP contribution in [0.3, 0.4) is 0 Å². The van der Waals surface area contributed by atoms with Crippen LogP contribution in [0, 0.1) is 0 Å². The summed E-state index contributed by atoms with van der Waals surface area (Å²) >= 11 is 0. The number of rotatable bonds is 4. The molecule has 0 atom stereocenters. The summed E-state index contributed by atoms with van der Waals surface area (Å²) in [6.07, 6.45) is 0. The van der Waals surface area contributed by atoms with Gasteiger partial charge in [0.15, 0.2) is 0 Å². The minimum Gasteiger partial charge on any atom is -0.455 e. The molecular weight excluding hydrogens is 851 g/mol. The predicted molar refractivity (Wildman–Crippen MR) is 297 cm³/mol. The van der Waals surface area contributed by atoms with Crippen LogP contribution < -0.4 is 10.4 Å². The second-order valence-corrected chi connectivity index (χ2v) is 23.9. The van der Waals surface area contributed by atoms with Crippen molar-refractivity contribution in [3.8, 4) is 50.2 Å². The fourth-order valence-electron chi connectivity index (χ4n) is 12.2. The van der Waals surface area contributed by atoms with Gasteiger partial charge in [-0.3, -0.25) is 0 Å². The summed E-state index contributed by atoms with van der Waals surface area (Å²) in [5.41, 5.74) is 15.2. The molecule has 0 saturated carbocycles. The smallest absolute Gasteiger partial charge is 0.143 e. The number of hydrogen-bond acceptors (Lipinski definition) is 1. The Morgan fingerprint density at radius 3 is 1.80 bits per heavy atom. The van der Waals surface area contributed by atoms with E-state index in [1.807, 2.05) is 0 Å². The van der Waals surface area contributed by atoms with Crippen molar-refractivity contribution in [1.82, 2.24) is 4.57 Å². The van der Waals surface area contributed by atoms with Gasteiger partial charge in [-0.25, -0.2) is 0 Å².